The molecule has 0 aliphatic carbocycles. The van der Waals surface area contributed by atoms with E-state index in [4.69, 9.17) is 0 Å². The van der Waals surface area contributed by atoms with E-state index in [-0.39, 0.29) is 0 Å². The zero-order valence-corrected chi connectivity index (χ0v) is 9.93. The van der Waals surface area contributed by atoms with Gasteiger partial charge in [-0.2, -0.15) is 0 Å². The minimum atomic E-state index is 0.752. The fourth-order valence-corrected chi connectivity index (χ4v) is 1.64. The van der Waals surface area contributed by atoms with E-state index in [1.165, 1.54) is 11.1 Å². The SMILES string of the molecule is C=CCn1ccnc1NCc1ccncc1C. The second-order valence-electron chi connectivity index (χ2n) is 3.85. The summed E-state index contributed by atoms with van der Waals surface area (Å²) in [6.07, 6.45) is 9.24. The topological polar surface area (TPSA) is 42.7 Å². The molecule has 0 spiro atoms. The summed E-state index contributed by atoms with van der Waals surface area (Å²) in [7, 11) is 0. The number of anilines is 1. The zero-order chi connectivity index (χ0) is 12.1. The predicted molar refractivity (Wildman–Crippen MR) is 68.7 cm³/mol. The molecule has 2 heterocycles. The Bertz CT molecular complexity index is 502. The van der Waals surface area contributed by atoms with Gasteiger partial charge in [0, 0.05) is 37.9 Å². The molecule has 0 saturated carbocycles. The Morgan fingerprint density at radius 3 is 3.12 bits per heavy atom. The van der Waals surface area contributed by atoms with Crippen LogP contribution >= 0.6 is 0 Å². The lowest BCUT2D eigenvalue weighted by atomic mass is 10.1. The van der Waals surface area contributed by atoms with Crippen molar-refractivity contribution in [3.8, 4) is 0 Å². The molecule has 0 fully saturated rings. The lowest BCUT2D eigenvalue weighted by molar-refractivity contribution is 0.819. The largest absolute Gasteiger partial charge is 0.352 e. The number of rotatable bonds is 5. The van der Waals surface area contributed by atoms with Crippen molar-refractivity contribution in [3.63, 3.8) is 0 Å². The molecule has 0 aliphatic heterocycles. The van der Waals surface area contributed by atoms with Crippen LogP contribution < -0.4 is 5.32 Å². The van der Waals surface area contributed by atoms with Crippen molar-refractivity contribution in [1.82, 2.24) is 14.5 Å². The Morgan fingerprint density at radius 1 is 1.47 bits per heavy atom. The van der Waals surface area contributed by atoms with E-state index >= 15 is 0 Å². The molecule has 4 heteroatoms. The Labute approximate surface area is 101 Å². The van der Waals surface area contributed by atoms with Crippen LogP contribution in [0, 0.1) is 6.92 Å². The van der Waals surface area contributed by atoms with E-state index in [0.717, 1.165) is 19.0 Å². The molecule has 0 unspecified atom stereocenters. The number of aryl methyl sites for hydroxylation is 1. The zero-order valence-electron chi connectivity index (χ0n) is 9.93. The standard InChI is InChI=1S/C13H16N4/c1-3-7-17-8-6-15-13(17)16-10-12-4-5-14-9-11(12)2/h3-6,8-9H,1,7,10H2,2H3,(H,15,16). The van der Waals surface area contributed by atoms with E-state index in [1.807, 2.05) is 29.1 Å². The van der Waals surface area contributed by atoms with Crippen LogP contribution in [-0.2, 0) is 13.1 Å². The number of hydrogen-bond acceptors (Lipinski definition) is 3. The minimum absolute atomic E-state index is 0.752. The monoisotopic (exact) mass is 228 g/mol. The fourth-order valence-electron chi connectivity index (χ4n) is 1.64. The van der Waals surface area contributed by atoms with Crippen LogP contribution in [0.1, 0.15) is 11.1 Å². The molecule has 0 atom stereocenters. The molecule has 0 aromatic carbocycles. The molecule has 0 saturated heterocycles. The van der Waals surface area contributed by atoms with E-state index < -0.39 is 0 Å². The van der Waals surface area contributed by atoms with Crippen LogP contribution in [0.4, 0.5) is 5.95 Å². The maximum absolute atomic E-state index is 4.27. The molecular weight excluding hydrogens is 212 g/mol. The molecule has 17 heavy (non-hydrogen) atoms. The Balaban J connectivity index is 2.05. The highest BCUT2D eigenvalue weighted by Crippen LogP contribution is 2.09. The number of imidazole rings is 1. The number of nitrogens with one attached hydrogen (secondary N) is 1. The van der Waals surface area contributed by atoms with Gasteiger partial charge in [-0.15, -0.1) is 6.58 Å². The van der Waals surface area contributed by atoms with Crippen molar-refractivity contribution in [1.29, 1.82) is 0 Å². The van der Waals surface area contributed by atoms with Gasteiger partial charge >= 0.3 is 0 Å². The molecule has 2 rings (SSSR count). The summed E-state index contributed by atoms with van der Waals surface area (Å²) in [4.78, 5) is 8.34. The molecule has 0 radical (unpaired) electrons. The van der Waals surface area contributed by atoms with E-state index in [2.05, 4.69) is 28.8 Å². The molecule has 88 valence electrons. The maximum Gasteiger partial charge on any atom is 0.203 e. The van der Waals surface area contributed by atoms with Crippen LogP contribution in [0.25, 0.3) is 0 Å². The van der Waals surface area contributed by atoms with Gasteiger partial charge in [0.1, 0.15) is 0 Å². The number of hydrogen-bond donors (Lipinski definition) is 1. The van der Waals surface area contributed by atoms with E-state index in [9.17, 15) is 0 Å². The molecule has 2 aromatic heterocycles. The normalized spacial score (nSPS) is 10.2. The van der Waals surface area contributed by atoms with Gasteiger partial charge in [0.25, 0.3) is 0 Å². The number of nitrogens with zero attached hydrogens (tertiary/aromatic N) is 3. The minimum Gasteiger partial charge on any atom is -0.352 e. The third-order valence-corrected chi connectivity index (χ3v) is 2.61. The molecule has 0 aliphatic rings. The average molecular weight is 228 g/mol. The van der Waals surface area contributed by atoms with Crippen molar-refractivity contribution in [2.45, 2.75) is 20.0 Å². The van der Waals surface area contributed by atoms with Crippen LogP contribution in [0.15, 0.2) is 43.5 Å². The first kappa shape index (κ1) is 11.4. The summed E-state index contributed by atoms with van der Waals surface area (Å²) in [5.41, 5.74) is 2.41. The molecule has 2 aromatic rings. The summed E-state index contributed by atoms with van der Waals surface area (Å²) in [6.45, 7) is 7.29. The van der Waals surface area contributed by atoms with Crippen molar-refractivity contribution < 1.29 is 0 Å². The van der Waals surface area contributed by atoms with Crippen LogP contribution in [0.3, 0.4) is 0 Å². The van der Waals surface area contributed by atoms with Gasteiger partial charge in [-0.05, 0) is 24.1 Å². The van der Waals surface area contributed by atoms with Crippen LogP contribution in [0.5, 0.6) is 0 Å². The van der Waals surface area contributed by atoms with E-state index in [0.29, 0.717) is 0 Å². The van der Waals surface area contributed by atoms with Gasteiger partial charge in [-0.1, -0.05) is 6.08 Å². The summed E-state index contributed by atoms with van der Waals surface area (Å²) >= 11 is 0. The first-order valence-corrected chi connectivity index (χ1v) is 5.56. The van der Waals surface area contributed by atoms with Gasteiger partial charge in [0.15, 0.2) is 0 Å². The third kappa shape index (κ3) is 2.72. The van der Waals surface area contributed by atoms with Crippen molar-refractivity contribution in [2.75, 3.05) is 5.32 Å². The molecule has 0 amide bonds. The smallest absolute Gasteiger partial charge is 0.203 e. The average Bonchev–Trinajstić information content (AvgIpc) is 2.76. The number of allylic oxidation sites excluding steroid dienone is 1. The van der Waals surface area contributed by atoms with E-state index in [1.54, 1.807) is 12.4 Å². The lowest BCUT2D eigenvalue weighted by Gasteiger charge is -2.09. The van der Waals surface area contributed by atoms with Crippen LogP contribution in [-0.4, -0.2) is 14.5 Å². The molecule has 0 bridgehead atoms. The van der Waals surface area contributed by atoms with Crippen molar-refractivity contribution in [3.05, 3.63) is 54.6 Å². The first-order chi connectivity index (χ1) is 8.31. The van der Waals surface area contributed by atoms with Gasteiger partial charge in [0.2, 0.25) is 5.95 Å². The van der Waals surface area contributed by atoms with Gasteiger partial charge < -0.3 is 9.88 Å². The highest BCUT2D eigenvalue weighted by Gasteiger charge is 2.02. The van der Waals surface area contributed by atoms with Gasteiger partial charge in [-0.25, -0.2) is 4.98 Å². The van der Waals surface area contributed by atoms with Crippen LogP contribution in [0.2, 0.25) is 0 Å². The fraction of sp³-hybridized carbons (Fsp3) is 0.231. The Kier molecular flexibility index (Phi) is 3.55. The highest BCUT2D eigenvalue weighted by molar-refractivity contribution is 5.31. The number of pyridine rings is 1. The number of aromatic nitrogens is 3. The quantitative estimate of drug-likeness (QED) is 0.799. The summed E-state index contributed by atoms with van der Waals surface area (Å²) in [5, 5.41) is 3.31. The highest BCUT2D eigenvalue weighted by atomic mass is 15.2. The summed E-state index contributed by atoms with van der Waals surface area (Å²) < 4.78 is 2.02. The van der Waals surface area contributed by atoms with Crippen molar-refractivity contribution >= 4 is 5.95 Å². The van der Waals surface area contributed by atoms with Gasteiger partial charge in [-0.3, -0.25) is 4.98 Å². The predicted octanol–water partition coefficient (Wildman–Crippen LogP) is 2.38. The Hall–Kier alpha value is -2.10. The summed E-state index contributed by atoms with van der Waals surface area (Å²) in [6, 6.07) is 2.02. The lowest BCUT2D eigenvalue weighted by Crippen LogP contribution is -2.07. The van der Waals surface area contributed by atoms with Crippen molar-refractivity contribution in [2.24, 2.45) is 0 Å². The second kappa shape index (κ2) is 5.30. The summed E-state index contributed by atoms with van der Waals surface area (Å²) in [5.74, 6) is 0.862. The van der Waals surface area contributed by atoms with Gasteiger partial charge in [0.05, 0.1) is 0 Å². The molecule has 1 N–H and O–H groups in total. The first-order valence-electron chi connectivity index (χ1n) is 5.56. The Morgan fingerprint density at radius 2 is 2.35 bits per heavy atom. The third-order valence-electron chi connectivity index (χ3n) is 2.61. The maximum atomic E-state index is 4.27. The second-order valence-corrected chi connectivity index (χ2v) is 3.85. The molecular formula is C13H16N4. The molecule has 4 nitrogen and oxygen atoms in total.